The number of esters is 2. The summed E-state index contributed by atoms with van der Waals surface area (Å²) in [6, 6.07) is 15.8. The second-order valence-corrected chi connectivity index (χ2v) is 10.2. The molecule has 0 aliphatic carbocycles. The Bertz CT molecular complexity index is 1220. The second kappa shape index (κ2) is 12.2. The van der Waals surface area contributed by atoms with E-state index < -0.39 is 17.9 Å². The van der Waals surface area contributed by atoms with E-state index in [1.54, 1.807) is 32.0 Å². The van der Waals surface area contributed by atoms with Crippen molar-refractivity contribution in [1.29, 1.82) is 0 Å². The highest BCUT2D eigenvalue weighted by Gasteiger charge is 2.39. The average molecular weight is 543 g/mol. The second-order valence-electron chi connectivity index (χ2n) is 9.43. The highest BCUT2D eigenvalue weighted by Crippen LogP contribution is 2.43. The van der Waals surface area contributed by atoms with Gasteiger partial charge in [0.05, 0.1) is 34.2 Å². The zero-order valence-electron chi connectivity index (χ0n) is 21.4. The summed E-state index contributed by atoms with van der Waals surface area (Å²) in [4.78, 5) is 28.6. The molecule has 0 bridgehead atoms. The average Bonchev–Trinajstić information content (AvgIpc) is 2.90. The third-order valence-corrected chi connectivity index (χ3v) is 8.01. The smallest absolute Gasteiger partial charge is 0.336 e. The molecule has 196 valence electrons. The Kier molecular flexibility index (Phi) is 8.95. The highest BCUT2D eigenvalue weighted by atomic mass is 35.5. The summed E-state index contributed by atoms with van der Waals surface area (Å²) in [7, 11) is 1.31. The molecule has 1 N–H and O–H groups in total. The van der Waals surface area contributed by atoms with E-state index in [4.69, 9.17) is 32.7 Å². The molecule has 2 aliphatic rings. The molecular formula is C29H32Cl2N2O4. The topological polar surface area (TPSA) is 67.9 Å². The van der Waals surface area contributed by atoms with Gasteiger partial charge in [-0.15, -0.1) is 0 Å². The predicted octanol–water partition coefficient (Wildman–Crippen LogP) is 5.82. The maximum Gasteiger partial charge on any atom is 0.336 e. The molecule has 0 amide bonds. The molecule has 6 nitrogen and oxygen atoms in total. The molecule has 1 fully saturated rings. The largest absolute Gasteiger partial charge is 0.466 e. The van der Waals surface area contributed by atoms with E-state index in [0.717, 1.165) is 25.9 Å². The van der Waals surface area contributed by atoms with Gasteiger partial charge in [-0.2, -0.15) is 0 Å². The first kappa shape index (κ1) is 27.2. The number of hydrogen-bond donors (Lipinski definition) is 1. The first-order chi connectivity index (χ1) is 17.8. The molecule has 0 saturated carbocycles. The van der Waals surface area contributed by atoms with Gasteiger partial charge in [0.1, 0.15) is 6.61 Å². The summed E-state index contributed by atoms with van der Waals surface area (Å²) in [5.41, 5.74) is 3.73. The van der Waals surface area contributed by atoms with E-state index in [-0.39, 0.29) is 11.6 Å². The fourth-order valence-corrected chi connectivity index (χ4v) is 5.68. The number of rotatable bonds is 7. The van der Waals surface area contributed by atoms with Gasteiger partial charge in [-0.3, -0.25) is 4.90 Å². The molecule has 0 radical (unpaired) electrons. The SMILES string of the molecule is COC(=O)C1=C(C)NC(C)=C(C(=O)OCCN2CCC(c3ccccc3)CC2)C1c1cccc(Cl)c1Cl. The third-order valence-electron chi connectivity index (χ3n) is 7.18. The van der Waals surface area contributed by atoms with Crippen LogP contribution in [0.2, 0.25) is 10.0 Å². The normalized spacial score (nSPS) is 19.0. The lowest BCUT2D eigenvalue weighted by molar-refractivity contribution is -0.140. The number of piperidine rings is 1. The molecule has 0 spiro atoms. The highest BCUT2D eigenvalue weighted by molar-refractivity contribution is 6.42. The van der Waals surface area contributed by atoms with Crippen LogP contribution in [-0.4, -0.2) is 50.2 Å². The standard InChI is InChI=1S/C29H32Cl2N2O4/c1-18-24(28(34)36-3)26(22-10-7-11-23(30)27(22)31)25(19(2)32-18)29(35)37-17-16-33-14-12-21(13-15-33)20-8-5-4-6-9-20/h4-11,21,26,32H,12-17H2,1-3H3. The van der Waals surface area contributed by atoms with E-state index in [9.17, 15) is 9.59 Å². The van der Waals surface area contributed by atoms with Crippen molar-refractivity contribution >= 4 is 35.1 Å². The van der Waals surface area contributed by atoms with Crippen molar-refractivity contribution in [3.63, 3.8) is 0 Å². The Morgan fingerprint density at radius 3 is 2.24 bits per heavy atom. The Hall–Kier alpha value is -2.80. The van der Waals surface area contributed by atoms with Crippen molar-refractivity contribution in [3.8, 4) is 0 Å². The molecule has 2 aromatic rings. The number of nitrogens with zero attached hydrogens (tertiary/aromatic N) is 1. The number of benzene rings is 2. The molecule has 1 saturated heterocycles. The minimum Gasteiger partial charge on any atom is -0.466 e. The van der Waals surface area contributed by atoms with Gasteiger partial charge in [0.25, 0.3) is 0 Å². The van der Waals surface area contributed by atoms with Gasteiger partial charge in [-0.25, -0.2) is 9.59 Å². The number of hydrogen-bond acceptors (Lipinski definition) is 6. The first-order valence-corrected chi connectivity index (χ1v) is 13.2. The lowest BCUT2D eigenvalue weighted by atomic mass is 9.80. The zero-order chi connectivity index (χ0) is 26.5. The molecular weight excluding hydrogens is 511 g/mol. The Balaban J connectivity index is 1.46. The minimum absolute atomic E-state index is 0.248. The Morgan fingerprint density at radius 2 is 1.59 bits per heavy atom. The van der Waals surface area contributed by atoms with Crippen LogP contribution < -0.4 is 5.32 Å². The van der Waals surface area contributed by atoms with Crippen molar-refractivity contribution in [2.45, 2.75) is 38.5 Å². The fourth-order valence-electron chi connectivity index (χ4n) is 5.26. The molecule has 37 heavy (non-hydrogen) atoms. The van der Waals surface area contributed by atoms with Crippen LogP contribution in [-0.2, 0) is 19.1 Å². The van der Waals surface area contributed by atoms with E-state index in [0.29, 0.717) is 45.6 Å². The summed E-state index contributed by atoms with van der Waals surface area (Å²) in [6.45, 7) is 6.35. The Labute approximate surface area is 228 Å². The summed E-state index contributed by atoms with van der Waals surface area (Å²) in [5, 5.41) is 3.76. The lowest BCUT2D eigenvalue weighted by Crippen LogP contribution is -2.36. The number of carbonyl (C=O) groups excluding carboxylic acids is 2. The molecule has 1 unspecified atom stereocenters. The number of nitrogens with one attached hydrogen (secondary N) is 1. The van der Waals surface area contributed by atoms with Crippen molar-refractivity contribution in [2.75, 3.05) is 33.4 Å². The van der Waals surface area contributed by atoms with Gasteiger partial charge < -0.3 is 14.8 Å². The molecule has 2 aliphatic heterocycles. The van der Waals surface area contributed by atoms with Crippen molar-refractivity contribution < 1.29 is 19.1 Å². The number of methoxy groups -OCH3 is 1. The molecule has 2 aromatic carbocycles. The van der Waals surface area contributed by atoms with Crippen LogP contribution in [0.1, 0.15) is 49.7 Å². The molecule has 4 rings (SSSR count). The molecule has 8 heteroatoms. The van der Waals surface area contributed by atoms with Gasteiger partial charge >= 0.3 is 11.9 Å². The number of ether oxygens (including phenoxy) is 2. The van der Waals surface area contributed by atoms with Crippen LogP contribution in [0.3, 0.4) is 0 Å². The van der Waals surface area contributed by atoms with Gasteiger partial charge in [0.15, 0.2) is 0 Å². The van der Waals surface area contributed by atoms with Crippen LogP contribution >= 0.6 is 23.2 Å². The van der Waals surface area contributed by atoms with E-state index in [1.165, 1.54) is 12.7 Å². The number of halogens is 2. The Morgan fingerprint density at radius 1 is 0.946 bits per heavy atom. The van der Waals surface area contributed by atoms with Gasteiger partial charge in [-0.1, -0.05) is 65.7 Å². The summed E-state index contributed by atoms with van der Waals surface area (Å²) >= 11 is 12.9. The first-order valence-electron chi connectivity index (χ1n) is 12.5. The van der Waals surface area contributed by atoms with Gasteiger partial charge in [-0.05, 0) is 62.9 Å². The number of dihydropyridines is 1. The molecule has 0 aromatic heterocycles. The van der Waals surface area contributed by atoms with Crippen LogP contribution in [0.4, 0.5) is 0 Å². The van der Waals surface area contributed by atoms with Crippen molar-refractivity contribution in [2.24, 2.45) is 0 Å². The van der Waals surface area contributed by atoms with Crippen LogP contribution in [0, 0.1) is 0 Å². The number of carbonyl (C=O) groups is 2. The quantitative estimate of drug-likeness (QED) is 0.444. The summed E-state index contributed by atoms with van der Waals surface area (Å²) < 4.78 is 10.8. The predicted molar refractivity (Wildman–Crippen MR) is 146 cm³/mol. The minimum atomic E-state index is -0.769. The van der Waals surface area contributed by atoms with Gasteiger partial charge in [0, 0.05) is 17.9 Å². The monoisotopic (exact) mass is 542 g/mol. The van der Waals surface area contributed by atoms with E-state index in [1.807, 2.05) is 6.07 Å². The lowest BCUT2D eigenvalue weighted by Gasteiger charge is -2.32. The van der Waals surface area contributed by atoms with Crippen molar-refractivity contribution in [3.05, 3.63) is 92.2 Å². The summed E-state index contributed by atoms with van der Waals surface area (Å²) in [6.07, 6.45) is 2.15. The van der Waals surface area contributed by atoms with E-state index in [2.05, 4.69) is 34.5 Å². The van der Waals surface area contributed by atoms with Crippen LogP contribution in [0.25, 0.3) is 0 Å². The van der Waals surface area contributed by atoms with E-state index >= 15 is 0 Å². The van der Waals surface area contributed by atoms with Crippen LogP contribution in [0.5, 0.6) is 0 Å². The number of likely N-dealkylation sites (tertiary alicyclic amines) is 1. The number of allylic oxidation sites excluding steroid dienone is 2. The van der Waals surface area contributed by atoms with Gasteiger partial charge in [0.2, 0.25) is 0 Å². The third kappa shape index (κ3) is 6.03. The van der Waals surface area contributed by atoms with Crippen LogP contribution in [0.15, 0.2) is 71.1 Å². The zero-order valence-corrected chi connectivity index (χ0v) is 22.9. The fraction of sp³-hybridized carbons (Fsp3) is 0.379. The molecule has 1 atom stereocenters. The van der Waals surface area contributed by atoms with Crippen molar-refractivity contribution in [1.82, 2.24) is 10.2 Å². The summed E-state index contributed by atoms with van der Waals surface area (Å²) in [5.74, 6) is -1.26. The maximum atomic E-state index is 13.4. The molecule has 2 heterocycles. The maximum absolute atomic E-state index is 13.4.